The maximum Gasteiger partial charge on any atom is 0.254 e. The monoisotopic (exact) mass is 199 g/mol. The highest BCUT2D eigenvalue weighted by Gasteiger charge is 2.07. The molecule has 1 amide bonds. The van der Waals surface area contributed by atoms with Gasteiger partial charge in [-0.2, -0.15) is 16.9 Å². The summed E-state index contributed by atoms with van der Waals surface area (Å²) in [6, 6.07) is 0. The van der Waals surface area contributed by atoms with Crippen LogP contribution in [0.1, 0.15) is 17.3 Å². The Morgan fingerprint density at radius 1 is 1.85 bits per heavy atom. The van der Waals surface area contributed by atoms with Crippen molar-refractivity contribution in [1.82, 2.24) is 15.5 Å². The third kappa shape index (κ3) is 3.10. The highest BCUT2D eigenvalue weighted by Crippen LogP contribution is 2.03. The van der Waals surface area contributed by atoms with Crippen LogP contribution in [0.3, 0.4) is 0 Å². The average molecular weight is 199 g/mol. The van der Waals surface area contributed by atoms with E-state index >= 15 is 0 Å². The average Bonchev–Trinajstić information content (AvgIpc) is 2.66. The fourth-order valence-corrected chi connectivity index (χ4v) is 1.05. The van der Waals surface area contributed by atoms with Crippen LogP contribution in [0.2, 0.25) is 0 Å². The lowest BCUT2D eigenvalue weighted by molar-refractivity contribution is 0.0954. The van der Waals surface area contributed by atoms with Crippen molar-refractivity contribution in [2.45, 2.75) is 12.2 Å². The lowest BCUT2D eigenvalue weighted by atomic mass is 10.3. The van der Waals surface area contributed by atoms with Crippen molar-refractivity contribution in [2.24, 2.45) is 0 Å². The molecule has 0 fully saturated rings. The molecule has 72 valence electrons. The molecule has 1 rings (SSSR count). The topological polar surface area (TPSA) is 57.8 Å². The van der Waals surface area contributed by atoms with Crippen LogP contribution in [0, 0.1) is 0 Å². The lowest BCUT2D eigenvalue weighted by Gasteiger charge is -2.08. The van der Waals surface area contributed by atoms with Gasteiger partial charge in [-0.05, 0) is 6.26 Å². The zero-order valence-corrected chi connectivity index (χ0v) is 8.52. The zero-order valence-electron chi connectivity index (χ0n) is 7.70. The van der Waals surface area contributed by atoms with Crippen LogP contribution in [0.25, 0.3) is 0 Å². The minimum atomic E-state index is -0.0744. The summed E-state index contributed by atoms with van der Waals surface area (Å²) in [6.45, 7) is 2.76. The first-order valence-corrected chi connectivity index (χ1v) is 5.32. The summed E-state index contributed by atoms with van der Waals surface area (Å²) in [5, 5.41) is 9.55. The molecule has 2 N–H and O–H groups in total. The molecule has 0 spiro atoms. The Balaban J connectivity index is 2.35. The fraction of sp³-hybridized carbons (Fsp3) is 0.500. The maximum atomic E-state index is 11.3. The van der Waals surface area contributed by atoms with Crippen molar-refractivity contribution in [2.75, 3.05) is 12.8 Å². The SMILES string of the molecule is CSC(C)CNC(=O)c1cn[nH]c1. The normalized spacial score (nSPS) is 12.5. The first-order valence-electron chi connectivity index (χ1n) is 4.04. The van der Waals surface area contributed by atoms with E-state index in [1.165, 1.54) is 6.20 Å². The van der Waals surface area contributed by atoms with Gasteiger partial charge in [0.15, 0.2) is 0 Å². The summed E-state index contributed by atoms with van der Waals surface area (Å²) in [4.78, 5) is 11.3. The second-order valence-electron chi connectivity index (χ2n) is 2.74. The van der Waals surface area contributed by atoms with Crippen LogP contribution in [0.5, 0.6) is 0 Å². The van der Waals surface area contributed by atoms with Gasteiger partial charge in [0.25, 0.3) is 5.91 Å². The predicted octanol–water partition coefficient (Wildman–Crippen LogP) is 0.891. The molecular weight excluding hydrogens is 186 g/mol. The summed E-state index contributed by atoms with van der Waals surface area (Å²) in [7, 11) is 0. The van der Waals surface area contributed by atoms with Gasteiger partial charge < -0.3 is 5.32 Å². The number of aromatic nitrogens is 2. The summed E-state index contributed by atoms with van der Waals surface area (Å²) < 4.78 is 0. The Morgan fingerprint density at radius 2 is 2.62 bits per heavy atom. The van der Waals surface area contributed by atoms with Crippen LogP contribution in [0.4, 0.5) is 0 Å². The lowest BCUT2D eigenvalue weighted by Crippen LogP contribution is -2.28. The number of aromatic amines is 1. The van der Waals surface area contributed by atoms with E-state index in [1.54, 1.807) is 18.0 Å². The molecule has 1 heterocycles. The molecule has 5 heteroatoms. The van der Waals surface area contributed by atoms with Gasteiger partial charge in [0.1, 0.15) is 0 Å². The Labute approximate surface area is 81.5 Å². The number of H-pyrrole nitrogens is 1. The molecule has 0 radical (unpaired) electrons. The first-order chi connectivity index (χ1) is 6.24. The van der Waals surface area contributed by atoms with Crippen LogP contribution < -0.4 is 5.32 Å². The molecule has 1 atom stereocenters. The van der Waals surface area contributed by atoms with E-state index in [-0.39, 0.29) is 5.91 Å². The van der Waals surface area contributed by atoms with Gasteiger partial charge in [0.2, 0.25) is 0 Å². The van der Waals surface area contributed by atoms with E-state index in [9.17, 15) is 4.79 Å². The Bertz CT molecular complexity index is 260. The van der Waals surface area contributed by atoms with Crippen molar-refractivity contribution >= 4 is 17.7 Å². The van der Waals surface area contributed by atoms with Crippen molar-refractivity contribution in [3.05, 3.63) is 18.0 Å². The largest absolute Gasteiger partial charge is 0.351 e. The quantitative estimate of drug-likeness (QED) is 0.757. The first kappa shape index (κ1) is 10.1. The molecule has 0 aliphatic heterocycles. The maximum absolute atomic E-state index is 11.3. The molecule has 4 nitrogen and oxygen atoms in total. The minimum Gasteiger partial charge on any atom is -0.351 e. The van der Waals surface area contributed by atoms with E-state index < -0.39 is 0 Å². The molecule has 0 aliphatic rings. The number of carbonyl (C=O) groups excluding carboxylic acids is 1. The number of hydrogen-bond acceptors (Lipinski definition) is 3. The summed E-state index contributed by atoms with van der Waals surface area (Å²) in [6.07, 6.45) is 5.12. The van der Waals surface area contributed by atoms with Gasteiger partial charge in [0.05, 0.1) is 11.8 Å². The molecule has 0 aromatic carbocycles. The number of hydrogen-bond donors (Lipinski definition) is 2. The number of rotatable bonds is 4. The molecular formula is C8H13N3OS. The standard InChI is InChI=1S/C8H13N3OS/c1-6(13-2)3-9-8(12)7-4-10-11-5-7/h4-6H,3H2,1-2H3,(H,9,12)(H,10,11). The summed E-state index contributed by atoms with van der Waals surface area (Å²) >= 11 is 1.73. The van der Waals surface area contributed by atoms with E-state index in [0.717, 1.165) is 0 Å². The van der Waals surface area contributed by atoms with E-state index in [1.807, 2.05) is 6.26 Å². The minimum absolute atomic E-state index is 0.0744. The molecule has 1 unspecified atom stereocenters. The summed E-state index contributed by atoms with van der Waals surface area (Å²) in [5.41, 5.74) is 0.577. The fourth-order valence-electron chi connectivity index (χ4n) is 0.797. The Hall–Kier alpha value is -0.970. The molecule has 1 aromatic rings. The molecule has 1 aromatic heterocycles. The van der Waals surface area contributed by atoms with Gasteiger partial charge in [-0.3, -0.25) is 9.89 Å². The van der Waals surface area contributed by atoms with Gasteiger partial charge in [-0.25, -0.2) is 0 Å². The van der Waals surface area contributed by atoms with Crippen molar-refractivity contribution < 1.29 is 4.79 Å². The highest BCUT2D eigenvalue weighted by molar-refractivity contribution is 7.99. The van der Waals surface area contributed by atoms with Gasteiger partial charge in [0, 0.05) is 18.0 Å². The third-order valence-electron chi connectivity index (χ3n) is 1.71. The van der Waals surface area contributed by atoms with Crippen molar-refractivity contribution in [3.63, 3.8) is 0 Å². The van der Waals surface area contributed by atoms with Crippen LogP contribution in [0.15, 0.2) is 12.4 Å². The number of nitrogens with zero attached hydrogens (tertiary/aromatic N) is 1. The van der Waals surface area contributed by atoms with E-state index in [0.29, 0.717) is 17.4 Å². The molecule has 0 bridgehead atoms. The smallest absolute Gasteiger partial charge is 0.254 e. The Kier molecular flexibility index (Phi) is 3.82. The van der Waals surface area contributed by atoms with Gasteiger partial charge >= 0.3 is 0 Å². The summed E-state index contributed by atoms with van der Waals surface area (Å²) in [5.74, 6) is -0.0744. The molecule has 0 saturated heterocycles. The predicted molar refractivity (Wildman–Crippen MR) is 53.9 cm³/mol. The van der Waals surface area contributed by atoms with Crippen LogP contribution in [-0.2, 0) is 0 Å². The third-order valence-corrected chi connectivity index (χ3v) is 2.68. The molecule has 0 saturated carbocycles. The van der Waals surface area contributed by atoms with Gasteiger partial charge in [-0.1, -0.05) is 6.92 Å². The number of carbonyl (C=O) groups is 1. The van der Waals surface area contributed by atoms with Crippen LogP contribution >= 0.6 is 11.8 Å². The second kappa shape index (κ2) is 4.91. The molecule has 13 heavy (non-hydrogen) atoms. The highest BCUT2D eigenvalue weighted by atomic mass is 32.2. The van der Waals surface area contributed by atoms with Gasteiger partial charge in [-0.15, -0.1) is 0 Å². The Morgan fingerprint density at radius 3 is 3.15 bits per heavy atom. The van der Waals surface area contributed by atoms with Crippen molar-refractivity contribution in [3.8, 4) is 0 Å². The van der Waals surface area contributed by atoms with Crippen molar-refractivity contribution in [1.29, 1.82) is 0 Å². The van der Waals surface area contributed by atoms with Crippen LogP contribution in [-0.4, -0.2) is 34.2 Å². The zero-order chi connectivity index (χ0) is 9.68. The number of thioether (sulfide) groups is 1. The second-order valence-corrected chi connectivity index (χ2v) is 4.02. The van der Waals surface area contributed by atoms with E-state index in [4.69, 9.17) is 0 Å². The van der Waals surface area contributed by atoms with E-state index in [2.05, 4.69) is 22.4 Å². The molecule has 0 aliphatic carbocycles. The number of amides is 1. The number of nitrogens with one attached hydrogen (secondary N) is 2.